The van der Waals surface area contributed by atoms with Crippen LogP contribution < -0.4 is 5.32 Å². The van der Waals surface area contributed by atoms with Crippen LogP contribution in [0.15, 0.2) is 46.2 Å². The SMILES string of the molecule is CNCc1c(Cl)cccc1Sc1ccc(C)c(C)c1. The van der Waals surface area contributed by atoms with Gasteiger partial charge >= 0.3 is 0 Å². The maximum Gasteiger partial charge on any atom is 0.0462 e. The summed E-state index contributed by atoms with van der Waals surface area (Å²) in [5.74, 6) is 0. The second kappa shape index (κ2) is 6.47. The van der Waals surface area contributed by atoms with E-state index in [2.05, 4.69) is 43.4 Å². The molecular formula is C16H18ClNS. The zero-order chi connectivity index (χ0) is 13.8. The van der Waals surface area contributed by atoms with Crippen molar-refractivity contribution >= 4 is 23.4 Å². The standard InChI is InChI=1S/C16H18ClNS/c1-11-7-8-13(9-12(11)2)19-16-6-4-5-15(17)14(16)10-18-3/h4-9,18H,10H2,1-3H3. The van der Waals surface area contributed by atoms with Crippen LogP contribution in [0.1, 0.15) is 16.7 Å². The van der Waals surface area contributed by atoms with Gasteiger partial charge in [0.2, 0.25) is 0 Å². The van der Waals surface area contributed by atoms with Gasteiger partial charge in [-0.15, -0.1) is 0 Å². The molecule has 1 nitrogen and oxygen atoms in total. The third kappa shape index (κ3) is 3.53. The minimum atomic E-state index is 0.785. The molecule has 0 spiro atoms. The fourth-order valence-corrected chi connectivity index (χ4v) is 3.26. The normalized spacial score (nSPS) is 10.7. The van der Waals surface area contributed by atoms with E-state index in [1.54, 1.807) is 11.8 Å². The Balaban J connectivity index is 2.32. The van der Waals surface area contributed by atoms with E-state index in [0.717, 1.165) is 17.1 Å². The topological polar surface area (TPSA) is 12.0 Å². The largest absolute Gasteiger partial charge is 0.316 e. The van der Waals surface area contributed by atoms with Gasteiger partial charge in [-0.05, 0) is 61.9 Å². The van der Waals surface area contributed by atoms with Gasteiger partial charge in [-0.3, -0.25) is 0 Å². The third-order valence-electron chi connectivity index (χ3n) is 3.14. The molecule has 0 bridgehead atoms. The molecular weight excluding hydrogens is 274 g/mol. The molecule has 0 saturated heterocycles. The van der Waals surface area contributed by atoms with Gasteiger partial charge in [0.1, 0.15) is 0 Å². The average Bonchev–Trinajstić information content (AvgIpc) is 2.38. The first-order valence-corrected chi connectivity index (χ1v) is 7.48. The molecule has 0 amide bonds. The highest BCUT2D eigenvalue weighted by Crippen LogP contribution is 2.34. The maximum absolute atomic E-state index is 6.28. The zero-order valence-corrected chi connectivity index (χ0v) is 13.0. The van der Waals surface area contributed by atoms with E-state index in [9.17, 15) is 0 Å². The number of aryl methyl sites for hydroxylation is 2. The molecule has 0 unspecified atom stereocenters. The van der Waals surface area contributed by atoms with Gasteiger partial charge in [0, 0.05) is 21.4 Å². The summed E-state index contributed by atoms with van der Waals surface area (Å²) in [6.07, 6.45) is 0. The molecule has 100 valence electrons. The molecule has 0 atom stereocenters. The lowest BCUT2D eigenvalue weighted by Crippen LogP contribution is -2.06. The minimum Gasteiger partial charge on any atom is -0.316 e. The maximum atomic E-state index is 6.28. The molecule has 2 aromatic carbocycles. The van der Waals surface area contributed by atoms with E-state index < -0.39 is 0 Å². The first-order chi connectivity index (χ1) is 9.11. The van der Waals surface area contributed by atoms with E-state index in [1.807, 2.05) is 19.2 Å². The Hall–Kier alpha value is -0.960. The van der Waals surface area contributed by atoms with Crippen molar-refractivity contribution in [3.63, 3.8) is 0 Å². The molecule has 0 fully saturated rings. The van der Waals surface area contributed by atoms with Gasteiger partial charge in [0.15, 0.2) is 0 Å². The van der Waals surface area contributed by atoms with Crippen molar-refractivity contribution in [3.8, 4) is 0 Å². The van der Waals surface area contributed by atoms with Crippen molar-refractivity contribution in [2.24, 2.45) is 0 Å². The van der Waals surface area contributed by atoms with Crippen molar-refractivity contribution in [1.82, 2.24) is 5.32 Å². The van der Waals surface area contributed by atoms with Crippen molar-refractivity contribution in [1.29, 1.82) is 0 Å². The molecule has 0 aliphatic heterocycles. The lowest BCUT2D eigenvalue weighted by atomic mass is 10.1. The van der Waals surface area contributed by atoms with Crippen LogP contribution in [0.4, 0.5) is 0 Å². The highest BCUT2D eigenvalue weighted by molar-refractivity contribution is 7.99. The highest BCUT2D eigenvalue weighted by atomic mass is 35.5. The van der Waals surface area contributed by atoms with Crippen LogP contribution in [-0.4, -0.2) is 7.05 Å². The van der Waals surface area contributed by atoms with Crippen LogP contribution >= 0.6 is 23.4 Å². The van der Waals surface area contributed by atoms with E-state index >= 15 is 0 Å². The summed E-state index contributed by atoms with van der Waals surface area (Å²) < 4.78 is 0. The van der Waals surface area contributed by atoms with Gasteiger partial charge in [-0.2, -0.15) is 0 Å². The first-order valence-electron chi connectivity index (χ1n) is 6.29. The molecule has 2 rings (SSSR count). The van der Waals surface area contributed by atoms with Crippen LogP contribution in [0.25, 0.3) is 0 Å². The summed E-state index contributed by atoms with van der Waals surface area (Å²) in [5, 5.41) is 4.00. The molecule has 19 heavy (non-hydrogen) atoms. The van der Waals surface area contributed by atoms with Crippen LogP contribution in [0.2, 0.25) is 5.02 Å². The average molecular weight is 292 g/mol. The highest BCUT2D eigenvalue weighted by Gasteiger charge is 2.08. The van der Waals surface area contributed by atoms with Crippen molar-refractivity contribution in [2.75, 3.05) is 7.05 Å². The lowest BCUT2D eigenvalue weighted by molar-refractivity contribution is 0.803. The molecule has 2 aromatic rings. The molecule has 0 heterocycles. The monoisotopic (exact) mass is 291 g/mol. The summed E-state index contributed by atoms with van der Waals surface area (Å²) in [6.45, 7) is 5.06. The predicted octanol–water partition coefficient (Wildman–Crippen LogP) is 4.83. The van der Waals surface area contributed by atoms with Crippen molar-refractivity contribution < 1.29 is 0 Å². The fourth-order valence-electron chi connectivity index (χ4n) is 1.89. The number of nitrogens with one attached hydrogen (secondary N) is 1. The van der Waals surface area contributed by atoms with Gasteiger partial charge in [-0.25, -0.2) is 0 Å². The van der Waals surface area contributed by atoms with Crippen molar-refractivity contribution in [3.05, 3.63) is 58.1 Å². The molecule has 0 radical (unpaired) electrons. The number of halogens is 1. The van der Waals surface area contributed by atoms with Crippen LogP contribution in [0, 0.1) is 13.8 Å². The number of rotatable bonds is 4. The van der Waals surface area contributed by atoms with E-state index in [4.69, 9.17) is 11.6 Å². The van der Waals surface area contributed by atoms with E-state index in [-0.39, 0.29) is 0 Å². The molecule has 0 aliphatic carbocycles. The smallest absolute Gasteiger partial charge is 0.0462 e. The van der Waals surface area contributed by atoms with Crippen LogP contribution in [0.5, 0.6) is 0 Å². The number of hydrogen-bond acceptors (Lipinski definition) is 2. The summed E-state index contributed by atoms with van der Waals surface area (Å²) in [4.78, 5) is 2.47. The molecule has 0 aromatic heterocycles. The quantitative estimate of drug-likeness (QED) is 0.866. The Labute approximate surface area is 124 Å². The van der Waals surface area contributed by atoms with Gasteiger partial charge in [-0.1, -0.05) is 35.5 Å². The van der Waals surface area contributed by atoms with Crippen molar-refractivity contribution in [2.45, 2.75) is 30.2 Å². The third-order valence-corrected chi connectivity index (χ3v) is 4.58. The van der Waals surface area contributed by atoms with Gasteiger partial charge in [0.25, 0.3) is 0 Å². The Kier molecular flexibility index (Phi) is 4.92. The Morgan fingerprint density at radius 1 is 1.11 bits per heavy atom. The fraction of sp³-hybridized carbons (Fsp3) is 0.250. The molecule has 3 heteroatoms. The summed E-state index contributed by atoms with van der Waals surface area (Å²) in [7, 11) is 1.94. The first kappa shape index (κ1) is 14.4. The second-order valence-corrected chi connectivity index (χ2v) is 6.12. The Morgan fingerprint density at radius 2 is 1.89 bits per heavy atom. The van der Waals surface area contributed by atoms with E-state index in [0.29, 0.717) is 0 Å². The summed E-state index contributed by atoms with van der Waals surface area (Å²) >= 11 is 8.04. The Bertz CT molecular complexity index is 581. The Morgan fingerprint density at radius 3 is 2.58 bits per heavy atom. The minimum absolute atomic E-state index is 0.785. The second-order valence-electron chi connectivity index (χ2n) is 4.59. The molecule has 1 N–H and O–H groups in total. The summed E-state index contributed by atoms with van der Waals surface area (Å²) in [6, 6.07) is 12.6. The number of hydrogen-bond donors (Lipinski definition) is 1. The molecule has 0 aliphatic rings. The lowest BCUT2D eigenvalue weighted by Gasteiger charge is -2.11. The predicted molar refractivity (Wildman–Crippen MR) is 84.3 cm³/mol. The van der Waals surface area contributed by atoms with E-state index in [1.165, 1.54) is 20.9 Å². The molecule has 0 saturated carbocycles. The zero-order valence-electron chi connectivity index (χ0n) is 11.5. The van der Waals surface area contributed by atoms with Crippen LogP contribution in [0.3, 0.4) is 0 Å². The number of benzene rings is 2. The van der Waals surface area contributed by atoms with Gasteiger partial charge < -0.3 is 5.32 Å². The summed E-state index contributed by atoms with van der Waals surface area (Å²) in [5.41, 5.74) is 3.81. The van der Waals surface area contributed by atoms with Crippen LogP contribution in [-0.2, 0) is 6.54 Å². The van der Waals surface area contributed by atoms with Gasteiger partial charge in [0.05, 0.1) is 0 Å².